The number of carbonyl (C=O) groups excluding carboxylic acids is 1. The molecule has 0 radical (unpaired) electrons. The van der Waals surface area contributed by atoms with Crippen LogP contribution in [0.4, 0.5) is 5.82 Å². The summed E-state index contributed by atoms with van der Waals surface area (Å²) in [6.45, 7) is 3.52. The lowest BCUT2D eigenvalue weighted by atomic mass is 9.94. The van der Waals surface area contributed by atoms with Crippen molar-refractivity contribution >= 4 is 21.6 Å². The standard InChI is InChI=1S/C24H32N4O4S/c1-32-20-2-4-21(5-3-20)33(30,31)22-9-14-28(15-10-22)24(29)19-7-12-27(13-8-19)17-18-6-11-26-23(25)16-18/h2-6,11,16,19,22H,7-10,12-15,17H2,1H3,(H2,25,26). The van der Waals surface area contributed by atoms with Crippen LogP contribution in [0.15, 0.2) is 47.5 Å². The smallest absolute Gasteiger partial charge is 0.225 e. The van der Waals surface area contributed by atoms with Gasteiger partial charge in [0.2, 0.25) is 5.91 Å². The Bertz CT molecular complexity index is 1060. The molecule has 4 rings (SSSR count). The minimum absolute atomic E-state index is 0.0125. The molecule has 2 aliphatic heterocycles. The second kappa shape index (κ2) is 10.1. The number of anilines is 1. The van der Waals surface area contributed by atoms with Gasteiger partial charge >= 0.3 is 0 Å². The highest BCUT2D eigenvalue weighted by molar-refractivity contribution is 7.92. The molecule has 2 saturated heterocycles. The molecule has 2 N–H and O–H groups in total. The molecule has 8 nitrogen and oxygen atoms in total. The van der Waals surface area contributed by atoms with Gasteiger partial charge < -0.3 is 15.4 Å². The molecule has 1 aromatic carbocycles. The molecule has 2 aliphatic rings. The highest BCUT2D eigenvalue weighted by atomic mass is 32.2. The lowest BCUT2D eigenvalue weighted by Gasteiger charge is -2.37. The van der Waals surface area contributed by atoms with E-state index < -0.39 is 15.1 Å². The number of nitrogens with zero attached hydrogens (tertiary/aromatic N) is 3. The van der Waals surface area contributed by atoms with Crippen LogP contribution in [-0.2, 0) is 21.2 Å². The molecule has 0 unspecified atom stereocenters. The third-order valence-electron chi connectivity index (χ3n) is 6.77. The molecule has 1 aromatic heterocycles. The Morgan fingerprint density at radius 3 is 2.33 bits per heavy atom. The van der Waals surface area contributed by atoms with Gasteiger partial charge in [0.05, 0.1) is 17.3 Å². The molecule has 0 saturated carbocycles. The van der Waals surface area contributed by atoms with Gasteiger partial charge in [-0.3, -0.25) is 9.69 Å². The van der Waals surface area contributed by atoms with Crippen LogP contribution >= 0.6 is 0 Å². The topological polar surface area (TPSA) is 106 Å². The maximum atomic E-state index is 13.1. The van der Waals surface area contributed by atoms with Crippen molar-refractivity contribution in [3.63, 3.8) is 0 Å². The van der Waals surface area contributed by atoms with E-state index in [-0.39, 0.29) is 11.8 Å². The highest BCUT2D eigenvalue weighted by Crippen LogP contribution is 2.28. The number of hydrogen-bond donors (Lipinski definition) is 1. The molecule has 1 amide bonds. The minimum Gasteiger partial charge on any atom is -0.497 e. The normalized spacial score (nSPS) is 18.9. The second-order valence-corrected chi connectivity index (χ2v) is 11.1. The monoisotopic (exact) mass is 472 g/mol. The minimum atomic E-state index is -3.41. The average molecular weight is 473 g/mol. The summed E-state index contributed by atoms with van der Waals surface area (Å²) in [6, 6.07) is 10.4. The zero-order valence-corrected chi connectivity index (χ0v) is 19.8. The summed E-state index contributed by atoms with van der Waals surface area (Å²) in [4.78, 5) is 21.6. The largest absolute Gasteiger partial charge is 0.497 e. The number of amides is 1. The summed E-state index contributed by atoms with van der Waals surface area (Å²) in [6.07, 6.45) is 4.32. The number of sulfone groups is 1. The molecule has 3 heterocycles. The van der Waals surface area contributed by atoms with Crippen molar-refractivity contribution in [2.24, 2.45) is 5.92 Å². The summed E-state index contributed by atoms with van der Waals surface area (Å²) >= 11 is 0. The van der Waals surface area contributed by atoms with Gasteiger partial charge in [0.25, 0.3) is 0 Å². The summed E-state index contributed by atoms with van der Waals surface area (Å²) in [5, 5.41) is -0.454. The number of hydrogen-bond acceptors (Lipinski definition) is 7. The Hall–Kier alpha value is -2.65. The first kappa shape index (κ1) is 23.5. The molecular weight excluding hydrogens is 440 g/mol. The van der Waals surface area contributed by atoms with E-state index in [0.717, 1.165) is 38.0 Å². The zero-order chi connectivity index (χ0) is 23.4. The fourth-order valence-electron chi connectivity index (χ4n) is 4.79. The highest BCUT2D eigenvalue weighted by Gasteiger charge is 2.35. The van der Waals surface area contributed by atoms with Crippen LogP contribution in [0.25, 0.3) is 0 Å². The zero-order valence-electron chi connectivity index (χ0n) is 19.0. The van der Waals surface area contributed by atoms with Crippen LogP contribution in [0.5, 0.6) is 5.75 Å². The van der Waals surface area contributed by atoms with E-state index in [0.29, 0.717) is 42.4 Å². The Kier molecular flexibility index (Phi) is 7.19. The maximum absolute atomic E-state index is 13.1. The summed E-state index contributed by atoms with van der Waals surface area (Å²) in [5.41, 5.74) is 6.90. The van der Waals surface area contributed by atoms with Gasteiger partial charge in [-0.2, -0.15) is 0 Å². The van der Waals surface area contributed by atoms with E-state index in [2.05, 4.69) is 9.88 Å². The van der Waals surface area contributed by atoms with Crippen molar-refractivity contribution in [2.75, 3.05) is 39.0 Å². The Morgan fingerprint density at radius 2 is 1.73 bits per heavy atom. The molecule has 9 heteroatoms. The number of ether oxygens (including phenoxy) is 1. The first-order valence-electron chi connectivity index (χ1n) is 11.5. The van der Waals surface area contributed by atoms with Crippen LogP contribution in [-0.4, -0.2) is 67.6 Å². The summed E-state index contributed by atoms with van der Waals surface area (Å²) in [5.74, 6) is 1.34. The number of carbonyl (C=O) groups is 1. The first-order chi connectivity index (χ1) is 15.9. The number of pyridine rings is 1. The second-order valence-electron chi connectivity index (χ2n) is 8.88. The third kappa shape index (κ3) is 5.47. The van der Waals surface area contributed by atoms with E-state index in [4.69, 9.17) is 10.5 Å². The Labute approximate surface area is 195 Å². The van der Waals surface area contributed by atoms with Crippen molar-refractivity contribution in [1.29, 1.82) is 0 Å². The number of methoxy groups -OCH3 is 1. The molecule has 0 atom stereocenters. The van der Waals surface area contributed by atoms with Crippen LogP contribution in [0.3, 0.4) is 0 Å². The van der Waals surface area contributed by atoms with Gasteiger partial charge in [0, 0.05) is 31.7 Å². The number of aromatic nitrogens is 1. The number of benzene rings is 1. The summed E-state index contributed by atoms with van der Waals surface area (Å²) in [7, 11) is -1.86. The van der Waals surface area contributed by atoms with Crippen molar-refractivity contribution in [1.82, 2.24) is 14.8 Å². The lowest BCUT2D eigenvalue weighted by Crippen LogP contribution is -2.47. The van der Waals surface area contributed by atoms with E-state index in [1.807, 2.05) is 17.0 Å². The van der Waals surface area contributed by atoms with Crippen LogP contribution in [0, 0.1) is 5.92 Å². The molecule has 0 bridgehead atoms. The van der Waals surface area contributed by atoms with Gasteiger partial charge in [-0.1, -0.05) is 0 Å². The number of rotatable bonds is 6. The molecule has 33 heavy (non-hydrogen) atoms. The van der Waals surface area contributed by atoms with Crippen molar-refractivity contribution < 1.29 is 17.9 Å². The molecule has 0 aliphatic carbocycles. The van der Waals surface area contributed by atoms with E-state index in [9.17, 15) is 13.2 Å². The molecular formula is C24H32N4O4S. The first-order valence-corrected chi connectivity index (χ1v) is 13.0. The fraction of sp³-hybridized carbons (Fsp3) is 0.500. The van der Waals surface area contributed by atoms with Gasteiger partial charge in [-0.15, -0.1) is 0 Å². The van der Waals surface area contributed by atoms with E-state index in [1.165, 1.54) is 0 Å². The average Bonchev–Trinajstić information content (AvgIpc) is 2.84. The van der Waals surface area contributed by atoms with Crippen LogP contribution in [0.2, 0.25) is 0 Å². The van der Waals surface area contributed by atoms with E-state index >= 15 is 0 Å². The maximum Gasteiger partial charge on any atom is 0.225 e. The van der Waals surface area contributed by atoms with Crippen molar-refractivity contribution in [3.8, 4) is 5.75 Å². The molecule has 178 valence electrons. The number of piperidine rings is 2. The fourth-order valence-corrected chi connectivity index (χ4v) is 6.52. The van der Waals surface area contributed by atoms with E-state index in [1.54, 1.807) is 37.6 Å². The van der Waals surface area contributed by atoms with Crippen molar-refractivity contribution in [3.05, 3.63) is 48.2 Å². The Morgan fingerprint density at radius 1 is 1.06 bits per heavy atom. The van der Waals surface area contributed by atoms with Gasteiger partial charge in [0.15, 0.2) is 9.84 Å². The number of likely N-dealkylation sites (tertiary alicyclic amines) is 2. The lowest BCUT2D eigenvalue weighted by molar-refractivity contribution is -0.138. The van der Waals surface area contributed by atoms with Gasteiger partial charge in [-0.25, -0.2) is 13.4 Å². The summed E-state index contributed by atoms with van der Waals surface area (Å²) < 4.78 is 31.1. The van der Waals surface area contributed by atoms with Gasteiger partial charge in [-0.05, 0) is 80.7 Å². The SMILES string of the molecule is COc1ccc(S(=O)(=O)C2CCN(C(=O)C3CCN(Cc4ccnc(N)c4)CC3)CC2)cc1. The molecule has 2 fully saturated rings. The third-order valence-corrected chi connectivity index (χ3v) is 9.05. The van der Waals surface area contributed by atoms with Crippen LogP contribution < -0.4 is 10.5 Å². The number of nitrogens with two attached hydrogens (primary N) is 1. The van der Waals surface area contributed by atoms with Crippen LogP contribution in [0.1, 0.15) is 31.2 Å². The number of nitrogen functional groups attached to an aromatic ring is 1. The Balaban J connectivity index is 1.27. The molecule has 0 spiro atoms. The van der Waals surface area contributed by atoms with Gasteiger partial charge in [0.1, 0.15) is 11.6 Å². The predicted molar refractivity (Wildman–Crippen MR) is 126 cm³/mol. The van der Waals surface area contributed by atoms with Crippen molar-refractivity contribution in [2.45, 2.75) is 42.4 Å². The quantitative estimate of drug-likeness (QED) is 0.688. The predicted octanol–water partition coefficient (Wildman–Crippen LogP) is 2.35. The molecule has 2 aromatic rings.